The van der Waals surface area contributed by atoms with Gasteiger partial charge in [0.2, 0.25) is 0 Å². The molecule has 0 spiro atoms. The summed E-state index contributed by atoms with van der Waals surface area (Å²) in [5.74, 6) is -0.0880. The third-order valence-electron chi connectivity index (χ3n) is 3.86. The van der Waals surface area contributed by atoms with E-state index in [2.05, 4.69) is 0 Å². The average Bonchev–Trinajstić information content (AvgIpc) is 2.72. The normalized spacial score (nSPS) is 10.3. The molecule has 4 nitrogen and oxygen atoms in total. The lowest BCUT2D eigenvalue weighted by atomic mass is 10.0. The molecule has 3 aromatic carbocycles. The van der Waals surface area contributed by atoms with Gasteiger partial charge in [0, 0.05) is 21.7 Å². The van der Waals surface area contributed by atoms with Crippen LogP contribution in [0.25, 0.3) is 0 Å². The number of hydrogen-bond acceptors (Lipinski definition) is 4. The molecule has 5 heteroatoms. The van der Waals surface area contributed by atoms with Crippen molar-refractivity contribution in [2.45, 2.75) is 6.61 Å². The molecule has 136 valence electrons. The minimum atomic E-state index is -0.501. The van der Waals surface area contributed by atoms with Gasteiger partial charge in [0.15, 0.2) is 12.4 Å². The molecule has 0 aliphatic rings. The molecule has 0 N–H and O–H groups in total. The van der Waals surface area contributed by atoms with Gasteiger partial charge in [0.25, 0.3) is 0 Å². The maximum absolute atomic E-state index is 12.3. The summed E-state index contributed by atoms with van der Waals surface area (Å²) in [6.45, 7) is -0.136. The molecule has 3 aromatic rings. The predicted octanol–water partition coefficient (Wildman–Crippen LogP) is 4.69. The summed E-state index contributed by atoms with van der Waals surface area (Å²) in [7, 11) is 0. The van der Waals surface area contributed by atoms with Crippen molar-refractivity contribution in [2.24, 2.45) is 0 Å². The Hall–Kier alpha value is -3.11. The highest BCUT2D eigenvalue weighted by Gasteiger charge is 2.10. The second kappa shape index (κ2) is 9.01. The van der Waals surface area contributed by atoms with E-state index in [4.69, 9.17) is 21.1 Å². The average molecular weight is 381 g/mol. The van der Waals surface area contributed by atoms with E-state index < -0.39 is 5.97 Å². The largest absolute Gasteiger partial charge is 0.482 e. The number of hydrogen-bond donors (Lipinski definition) is 0. The van der Waals surface area contributed by atoms with Crippen molar-refractivity contribution in [3.05, 3.63) is 101 Å². The zero-order valence-electron chi connectivity index (χ0n) is 14.4. The highest BCUT2D eigenvalue weighted by atomic mass is 35.5. The van der Waals surface area contributed by atoms with Crippen LogP contribution in [0.1, 0.15) is 21.5 Å². The van der Waals surface area contributed by atoms with Gasteiger partial charge in [-0.1, -0.05) is 60.1 Å². The molecule has 0 atom stereocenters. The van der Waals surface area contributed by atoms with E-state index in [0.29, 0.717) is 21.9 Å². The van der Waals surface area contributed by atoms with Crippen molar-refractivity contribution in [2.75, 3.05) is 6.61 Å². The summed E-state index contributed by atoms with van der Waals surface area (Å²) in [4.78, 5) is 24.2. The molecule has 0 heterocycles. The summed E-state index contributed by atoms with van der Waals surface area (Å²) in [6.07, 6.45) is 0. The van der Waals surface area contributed by atoms with Gasteiger partial charge < -0.3 is 9.47 Å². The van der Waals surface area contributed by atoms with Gasteiger partial charge in [-0.15, -0.1) is 0 Å². The van der Waals surface area contributed by atoms with Crippen LogP contribution in [0.15, 0.2) is 78.9 Å². The number of esters is 1. The number of carbonyl (C=O) groups is 2. The zero-order valence-corrected chi connectivity index (χ0v) is 15.2. The summed E-state index contributed by atoms with van der Waals surface area (Å²) in [5.41, 5.74) is 1.90. The maximum Gasteiger partial charge on any atom is 0.344 e. The van der Waals surface area contributed by atoms with Gasteiger partial charge in [-0.05, 0) is 30.3 Å². The van der Waals surface area contributed by atoms with Crippen LogP contribution in [0.5, 0.6) is 5.75 Å². The lowest BCUT2D eigenvalue weighted by molar-refractivity contribution is -0.147. The van der Waals surface area contributed by atoms with Gasteiger partial charge in [0.05, 0.1) is 0 Å². The molecule has 0 amide bonds. The molecule has 0 saturated heterocycles. The van der Waals surface area contributed by atoms with Gasteiger partial charge in [0.1, 0.15) is 12.4 Å². The number of rotatable bonds is 7. The van der Waals surface area contributed by atoms with E-state index in [1.807, 2.05) is 30.3 Å². The van der Waals surface area contributed by atoms with Crippen LogP contribution in [-0.4, -0.2) is 18.4 Å². The molecular formula is C22H17ClO4. The standard InChI is InChI=1S/C22H17ClO4/c23-20-9-5-4-8-18(20)14-27-21(24)15-26-19-12-10-17(11-13-19)22(25)16-6-2-1-3-7-16/h1-13H,14-15H2. The first-order valence-electron chi connectivity index (χ1n) is 8.35. The van der Waals surface area contributed by atoms with Crippen LogP contribution in [0.3, 0.4) is 0 Å². The van der Waals surface area contributed by atoms with Gasteiger partial charge in [-0.3, -0.25) is 4.79 Å². The topological polar surface area (TPSA) is 52.6 Å². The maximum atomic E-state index is 12.3. The van der Waals surface area contributed by atoms with Crippen LogP contribution < -0.4 is 4.74 Å². The summed E-state index contributed by atoms with van der Waals surface area (Å²) in [5, 5.41) is 0.546. The van der Waals surface area contributed by atoms with Gasteiger partial charge in [-0.25, -0.2) is 4.79 Å². The van der Waals surface area contributed by atoms with Crippen molar-refractivity contribution in [1.29, 1.82) is 0 Å². The monoisotopic (exact) mass is 380 g/mol. The fraction of sp³-hybridized carbons (Fsp3) is 0.0909. The smallest absolute Gasteiger partial charge is 0.344 e. The second-order valence-corrected chi connectivity index (χ2v) is 6.17. The Morgan fingerprint density at radius 1 is 0.778 bits per heavy atom. The first kappa shape index (κ1) is 18.7. The SMILES string of the molecule is O=C(COc1ccc(C(=O)c2ccccc2)cc1)OCc1ccccc1Cl. The molecule has 0 unspecified atom stereocenters. The minimum absolute atomic E-state index is 0.0682. The van der Waals surface area contributed by atoms with E-state index in [0.717, 1.165) is 5.56 Å². The van der Waals surface area contributed by atoms with Crippen LogP contribution in [0, 0.1) is 0 Å². The van der Waals surface area contributed by atoms with Crippen molar-refractivity contribution >= 4 is 23.4 Å². The Kier molecular flexibility index (Phi) is 6.23. The summed E-state index contributed by atoms with van der Waals surface area (Å²) >= 11 is 6.02. The highest BCUT2D eigenvalue weighted by Crippen LogP contribution is 2.17. The zero-order chi connectivity index (χ0) is 19.1. The van der Waals surface area contributed by atoms with Crippen molar-refractivity contribution in [3.8, 4) is 5.75 Å². The fourth-order valence-corrected chi connectivity index (χ4v) is 2.61. The fourth-order valence-electron chi connectivity index (χ4n) is 2.42. The molecule has 0 bridgehead atoms. The molecule has 0 saturated carbocycles. The first-order chi connectivity index (χ1) is 13.1. The second-order valence-electron chi connectivity index (χ2n) is 5.76. The van der Waals surface area contributed by atoms with Crippen molar-refractivity contribution < 1.29 is 19.1 Å². The van der Waals surface area contributed by atoms with Gasteiger partial charge in [-0.2, -0.15) is 0 Å². The lowest BCUT2D eigenvalue weighted by Gasteiger charge is -2.08. The minimum Gasteiger partial charge on any atom is -0.482 e. The van der Waals surface area contributed by atoms with Crippen LogP contribution in [-0.2, 0) is 16.1 Å². The Bertz CT molecular complexity index is 921. The molecule has 0 radical (unpaired) electrons. The van der Waals surface area contributed by atoms with Crippen molar-refractivity contribution in [3.63, 3.8) is 0 Å². The Balaban J connectivity index is 1.50. The number of carbonyl (C=O) groups excluding carboxylic acids is 2. The van der Waals surface area contributed by atoms with Crippen LogP contribution >= 0.6 is 11.6 Å². The van der Waals surface area contributed by atoms with E-state index in [9.17, 15) is 9.59 Å². The van der Waals surface area contributed by atoms with Crippen LogP contribution in [0.2, 0.25) is 5.02 Å². The number of ether oxygens (including phenoxy) is 2. The van der Waals surface area contributed by atoms with Gasteiger partial charge >= 0.3 is 5.97 Å². The van der Waals surface area contributed by atoms with Crippen LogP contribution in [0.4, 0.5) is 0 Å². The lowest BCUT2D eigenvalue weighted by Crippen LogP contribution is -2.15. The third-order valence-corrected chi connectivity index (χ3v) is 4.22. The highest BCUT2D eigenvalue weighted by molar-refractivity contribution is 6.31. The van der Waals surface area contributed by atoms with E-state index in [1.165, 1.54) is 0 Å². The molecule has 0 aliphatic heterocycles. The molecule has 27 heavy (non-hydrogen) atoms. The number of ketones is 1. The molecular weight excluding hydrogens is 364 g/mol. The summed E-state index contributed by atoms with van der Waals surface area (Å²) < 4.78 is 10.6. The van der Waals surface area contributed by atoms with Crippen molar-refractivity contribution in [1.82, 2.24) is 0 Å². The molecule has 3 rings (SSSR count). The molecule has 0 fully saturated rings. The van der Waals surface area contributed by atoms with E-state index in [-0.39, 0.29) is 19.0 Å². The van der Waals surface area contributed by atoms with E-state index >= 15 is 0 Å². The third kappa shape index (κ3) is 5.19. The number of benzene rings is 3. The molecule has 0 aromatic heterocycles. The number of halogens is 1. The Morgan fingerprint density at radius 2 is 1.41 bits per heavy atom. The van der Waals surface area contributed by atoms with E-state index in [1.54, 1.807) is 48.5 Å². The molecule has 0 aliphatic carbocycles. The Morgan fingerprint density at radius 3 is 2.11 bits per heavy atom. The first-order valence-corrected chi connectivity index (χ1v) is 8.73. The summed E-state index contributed by atoms with van der Waals surface area (Å²) in [6, 6.07) is 22.8. The Labute approximate surface area is 162 Å². The quantitative estimate of drug-likeness (QED) is 0.440. The predicted molar refractivity (Wildman–Crippen MR) is 103 cm³/mol.